The van der Waals surface area contributed by atoms with E-state index in [1.807, 2.05) is 73.8 Å². The summed E-state index contributed by atoms with van der Waals surface area (Å²) in [6.07, 6.45) is 1.95. The molecule has 2 aliphatic rings. The largest absolute Gasteiger partial charge is 0.375 e. The standard InChI is InChI=1S/C28H37N5O4S/c1-3-31-20-26(34)32-24(14-17-38-2)27(35)30(15-16-37-21-23-12-8-5-9-13-23)19-25(32)33(31)28(36)29-18-22-10-6-4-7-11-22/h4-13,24-25H,3,14-21H2,1-2H3,(H,29,36)/t24-,25-/m0/s1. The van der Waals surface area contributed by atoms with Crippen LogP contribution in [0.3, 0.4) is 0 Å². The normalized spacial score (nSPS) is 20.0. The van der Waals surface area contributed by atoms with Crippen LogP contribution in [-0.2, 0) is 27.5 Å². The van der Waals surface area contributed by atoms with E-state index in [2.05, 4.69) is 5.32 Å². The summed E-state index contributed by atoms with van der Waals surface area (Å²) in [5, 5.41) is 6.42. The first-order valence-electron chi connectivity index (χ1n) is 13.1. The fourth-order valence-electron chi connectivity index (χ4n) is 4.97. The molecule has 2 aromatic carbocycles. The van der Waals surface area contributed by atoms with Gasteiger partial charge in [-0.15, -0.1) is 0 Å². The average molecular weight is 540 g/mol. The number of ether oxygens (including phenoxy) is 1. The zero-order valence-electron chi connectivity index (χ0n) is 22.1. The maximum absolute atomic E-state index is 13.6. The van der Waals surface area contributed by atoms with Gasteiger partial charge >= 0.3 is 6.03 Å². The van der Waals surface area contributed by atoms with Crippen molar-refractivity contribution < 1.29 is 19.1 Å². The van der Waals surface area contributed by atoms with Gasteiger partial charge in [0.25, 0.3) is 0 Å². The zero-order valence-corrected chi connectivity index (χ0v) is 22.9. The molecule has 2 heterocycles. The van der Waals surface area contributed by atoms with Crippen molar-refractivity contribution in [3.63, 3.8) is 0 Å². The molecule has 204 valence electrons. The lowest BCUT2D eigenvalue weighted by molar-refractivity contribution is -0.190. The van der Waals surface area contributed by atoms with E-state index in [1.165, 1.54) is 0 Å². The monoisotopic (exact) mass is 539 g/mol. The summed E-state index contributed by atoms with van der Waals surface area (Å²) in [4.78, 5) is 43.8. The Kier molecular flexibility index (Phi) is 10.0. The van der Waals surface area contributed by atoms with Crippen molar-refractivity contribution in [2.75, 3.05) is 44.8 Å². The molecule has 2 aliphatic heterocycles. The predicted octanol–water partition coefficient (Wildman–Crippen LogP) is 2.78. The lowest BCUT2D eigenvalue weighted by atomic mass is 10.0. The van der Waals surface area contributed by atoms with Crippen LogP contribution in [0.15, 0.2) is 60.7 Å². The molecule has 1 N–H and O–H groups in total. The summed E-state index contributed by atoms with van der Waals surface area (Å²) >= 11 is 1.64. The second-order valence-corrected chi connectivity index (χ2v) is 10.4. The number of likely N-dealkylation sites (N-methyl/N-ethyl adjacent to an activating group) is 1. The first-order chi connectivity index (χ1) is 18.5. The van der Waals surface area contributed by atoms with E-state index in [4.69, 9.17) is 4.74 Å². The molecule has 38 heavy (non-hydrogen) atoms. The Morgan fingerprint density at radius 2 is 1.74 bits per heavy atom. The first kappa shape index (κ1) is 27.9. The van der Waals surface area contributed by atoms with Gasteiger partial charge in [0.15, 0.2) is 0 Å². The molecule has 2 fully saturated rings. The molecule has 0 bridgehead atoms. The average Bonchev–Trinajstić information content (AvgIpc) is 2.94. The second kappa shape index (κ2) is 13.6. The van der Waals surface area contributed by atoms with Gasteiger partial charge in [-0.1, -0.05) is 67.6 Å². The van der Waals surface area contributed by atoms with Crippen LogP contribution >= 0.6 is 11.8 Å². The summed E-state index contributed by atoms with van der Waals surface area (Å²) in [5.41, 5.74) is 2.06. The summed E-state index contributed by atoms with van der Waals surface area (Å²) in [6.45, 7) is 4.33. The number of urea groups is 1. The Morgan fingerprint density at radius 1 is 1.05 bits per heavy atom. The number of fused-ring (bicyclic) bond motifs is 1. The third-order valence-electron chi connectivity index (χ3n) is 6.90. The van der Waals surface area contributed by atoms with Gasteiger partial charge in [0.2, 0.25) is 11.8 Å². The van der Waals surface area contributed by atoms with Crippen molar-refractivity contribution in [1.29, 1.82) is 0 Å². The number of piperazine rings is 1. The van der Waals surface area contributed by atoms with E-state index in [0.29, 0.717) is 39.3 Å². The van der Waals surface area contributed by atoms with E-state index in [9.17, 15) is 14.4 Å². The summed E-state index contributed by atoms with van der Waals surface area (Å²) < 4.78 is 5.87. The number of amides is 4. The molecule has 4 amide bonds. The predicted molar refractivity (Wildman–Crippen MR) is 148 cm³/mol. The van der Waals surface area contributed by atoms with Crippen LogP contribution in [0.2, 0.25) is 0 Å². The Morgan fingerprint density at radius 3 is 2.39 bits per heavy atom. The highest BCUT2D eigenvalue weighted by molar-refractivity contribution is 7.98. The number of hydrazine groups is 1. The van der Waals surface area contributed by atoms with Crippen molar-refractivity contribution in [2.45, 2.75) is 38.7 Å². The van der Waals surface area contributed by atoms with Gasteiger partial charge < -0.3 is 19.9 Å². The van der Waals surface area contributed by atoms with Crippen molar-refractivity contribution in [3.8, 4) is 0 Å². The number of nitrogens with zero attached hydrogens (tertiary/aromatic N) is 4. The van der Waals surface area contributed by atoms with Crippen molar-refractivity contribution >= 4 is 29.6 Å². The van der Waals surface area contributed by atoms with Gasteiger partial charge in [-0.25, -0.2) is 14.8 Å². The maximum atomic E-state index is 13.6. The Labute approximate surface area is 229 Å². The number of hydrogen-bond acceptors (Lipinski definition) is 6. The molecule has 2 aromatic rings. The number of carbonyl (C=O) groups is 3. The van der Waals surface area contributed by atoms with Crippen LogP contribution in [0.5, 0.6) is 0 Å². The molecule has 10 heteroatoms. The molecule has 0 aromatic heterocycles. The zero-order chi connectivity index (χ0) is 26.9. The van der Waals surface area contributed by atoms with Crippen LogP contribution in [0.1, 0.15) is 24.5 Å². The molecule has 2 atom stereocenters. The van der Waals surface area contributed by atoms with E-state index in [0.717, 1.165) is 16.9 Å². The quantitative estimate of drug-likeness (QED) is 0.442. The highest BCUT2D eigenvalue weighted by Crippen LogP contribution is 2.28. The molecule has 0 saturated carbocycles. The molecular formula is C28H37N5O4S. The van der Waals surface area contributed by atoms with Gasteiger partial charge in [0.05, 0.1) is 26.3 Å². The lowest BCUT2D eigenvalue weighted by Gasteiger charge is -2.55. The van der Waals surface area contributed by atoms with Crippen molar-refractivity contribution in [3.05, 3.63) is 71.8 Å². The molecular weight excluding hydrogens is 502 g/mol. The molecule has 4 rings (SSSR count). The molecule has 0 spiro atoms. The summed E-state index contributed by atoms with van der Waals surface area (Å²) in [7, 11) is 0. The number of hydrogen-bond donors (Lipinski definition) is 1. The number of benzene rings is 2. The van der Waals surface area contributed by atoms with E-state index < -0.39 is 12.2 Å². The van der Waals surface area contributed by atoms with E-state index in [1.54, 1.807) is 31.6 Å². The number of rotatable bonds is 11. The molecule has 2 saturated heterocycles. The third-order valence-corrected chi connectivity index (χ3v) is 7.55. The minimum Gasteiger partial charge on any atom is -0.375 e. The first-order valence-corrected chi connectivity index (χ1v) is 14.5. The van der Waals surface area contributed by atoms with Crippen LogP contribution in [-0.4, -0.2) is 94.7 Å². The van der Waals surface area contributed by atoms with Crippen LogP contribution in [0, 0.1) is 0 Å². The fraction of sp³-hybridized carbons (Fsp3) is 0.464. The lowest BCUT2D eigenvalue weighted by Crippen LogP contribution is -2.76. The topological polar surface area (TPSA) is 85.4 Å². The van der Waals surface area contributed by atoms with Gasteiger partial charge in [0, 0.05) is 19.6 Å². The van der Waals surface area contributed by atoms with Crippen molar-refractivity contribution in [2.24, 2.45) is 0 Å². The van der Waals surface area contributed by atoms with Crippen LogP contribution in [0.4, 0.5) is 4.79 Å². The minimum absolute atomic E-state index is 0.0645. The molecule has 0 radical (unpaired) electrons. The van der Waals surface area contributed by atoms with Gasteiger partial charge in [0.1, 0.15) is 12.2 Å². The van der Waals surface area contributed by atoms with E-state index in [-0.39, 0.29) is 30.9 Å². The second-order valence-electron chi connectivity index (χ2n) is 9.37. The number of thioether (sulfide) groups is 1. The SMILES string of the molecule is CCN1CC(=O)N2[C@@H](CCSC)C(=O)N(CCOCc3ccccc3)C[C@@H]2N1C(=O)NCc1ccccc1. The van der Waals surface area contributed by atoms with Crippen LogP contribution < -0.4 is 5.32 Å². The molecule has 9 nitrogen and oxygen atoms in total. The number of nitrogens with one attached hydrogen (secondary N) is 1. The van der Waals surface area contributed by atoms with Gasteiger partial charge in [-0.2, -0.15) is 11.8 Å². The van der Waals surface area contributed by atoms with E-state index >= 15 is 0 Å². The van der Waals surface area contributed by atoms with Crippen molar-refractivity contribution in [1.82, 2.24) is 25.1 Å². The fourth-order valence-corrected chi connectivity index (χ4v) is 5.42. The van der Waals surface area contributed by atoms with Gasteiger partial charge in [-0.3, -0.25) is 9.59 Å². The summed E-state index contributed by atoms with van der Waals surface area (Å²) in [6, 6.07) is 18.7. The smallest absolute Gasteiger partial charge is 0.334 e. The number of carbonyl (C=O) groups excluding carboxylic acids is 3. The summed E-state index contributed by atoms with van der Waals surface area (Å²) in [5.74, 6) is 0.535. The Bertz CT molecular complexity index is 1070. The Hall–Kier alpha value is -3.08. The maximum Gasteiger partial charge on any atom is 0.334 e. The van der Waals surface area contributed by atoms with Crippen LogP contribution in [0.25, 0.3) is 0 Å². The highest BCUT2D eigenvalue weighted by atomic mass is 32.2. The molecule has 0 unspecified atom stereocenters. The van der Waals surface area contributed by atoms with Gasteiger partial charge in [-0.05, 0) is 29.6 Å². The Balaban J connectivity index is 1.50. The molecule has 0 aliphatic carbocycles. The highest BCUT2D eigenvalue weighted by Gasteiger charge is 2.50. The third kappa shape index (κ3) is 6.67. The minimum atomic E-state index is -0.605.